The van der Waals surface area contributed by atoms with Crippen LogP contribution in [0, 0.1) is 30.9 Å². The van der Waals surface area contributed by atoms with Gasteiger partial charge in [0.2, 0.25) is 0 Å². The van der Waals surface area contributed by atoms with Gasteiger partial charge in [-0.05, 0) is 88.4 Å². The van der Waals surface area contributed by atoms with E-state index < -0.39 is 4.92 Å². The molecule has 1 aliphatic heterocycles. The van der Waals surface area contributed by atoms with Crippen LogP contribution in [-0.2, 0) is 13.0 Å². The number of hydrogen-bond donors (Lipinski definition) is 0. The second-order valence-electron chi connectivity index (χ2n) is 10.5. The van der Waals surface area contributed by atoms with Crippen LogP contribution in [0.1, 0.15) is 47.6 Å². The fourth-order valence-corrected chi connectivity index (χ4v) is 4.93. The fraction of sp³-hybridized carbons (Fsp3) is 0.419. The van der Waals surface area contributed by atoms with E-state index in [9.17, 15) is 10.1 Å². The zero-order chi connectivity index (χ0) is 27.3. The first-order valence-electron chi connectivity index (χ1n) is 13.2. The SMILES string of the molecule is Cc1c(C)c2c(c(C)c1OCc1ccccc1)CCC(C)(CCN(C)CCOc1ccc([N+](=O)[O-])cc1)O2. The van der Waals surface area contributed by atoms with Crippen LogP contribution in [0.3, 0.4) is 0 Å². The van der Waals surface area contributed by atoms with E-state index in [4.69, 9.17) is 14.2 Å². The topological polar surface area (TPSA) is 74.1 Å². The van der Waals surface area contributed by atoms with Crippen molar-refractivity contribution in [2.24, 2.45) is 0 Å². The van der Waals surface area contributed by atoms with E-state index in [1.54, 1.807) is 12.1 Å². The van der Waals surface area contributed by atoms with Crippen LogP contribution < -0.4 is 14.2 Å². The summed E-state index contributed by atoms with van der Waals surface area (Å²) in [5.41, 5.74) is 5.73. The minimum atomic E-state index is -0.410. The number of fused-ring (bicyclic) bond motifs is 1. The lowest BCUT2D eigenvalue weighted by molar-refractivity contribution is -0.384. The van der Waals surface area contributed by atoms with E-state index >= 15 is 0 Å². The second-order valence-corrected chi connectivity index (χ2v) is 10.5. The Bertz CT molecular complexity index is 1260. The Morgan fingerprint density at radius 3 is 2.37 bits per heavy atom. The number of benzene rings is 3. The molecule has 0 saturated carbocycles. The Kier molecular flexibility index (Phi) is 8.57. The average Bonchev–Trinajstić information content (AvgIpc) is 2.91. The minimum absolute atomic E-state index is 0.0633. The molecular formula is C31H38N2O5. The van der Waals surface area contributed by atoms with Gasteiger partial charge in [-0.1, -0.05) is 30.3 Å². The number of likely N-dealkylation sites (N-methyl/N-ethyl adjacent to an activating group) is 1. The molecule has 0 bridgehead atoms. The van der Waals surface area contributed by atoms with Crippen molar-refractivity contribution in [2.45, 2.75) is 59.2 Å². The number of nitro benzene ring substituents is 1. The van der Waals surface area contributed by atoms with Crippen LogP contribution in [-0.4, -0.2) is 42.2 Å². The lowest BCUT2D eigenvalue weighted by Gasteiger charge is -2.39. The van der Waals surface area contributed by atoms with Crippen LogP contribution in [0.15, 0.2) is 54.6 Å². The molecule has 0 aromatic heterocycles. The van der Waals surface area contributed by atoms with Gasteiger partial charge in [-0.2, -0.15) is 0 Å². The highest BCUT2D eigenvalue weighted by Gasteiger charge is 2.34. The van der Waals surface area contributed by atoms with Gasteiger partial charge in [0.25, 0.3) is 5.69 Å². The molecule has 7 heteroatoms. The Morgan fingerprint density at radius 2 is 1.68 bits per heavy atom. The number of rotatable bonds is 11. The summed E-state index contributed by atoms with van der Waals surface area (Å²) in [6, 6.07) is 16.5. The molecule has 7 nitrogen and oxygen atoms in total. The molecule has 1 atom stereocenters. The van der Waals surface area contributed by atoms with Gasteiger partial charge in [0, 0.05) is 30.8 Å². The van der Waals surface area contributed by atoms with Crippen LogP contribution in [0.25, 0.3) is 0 Å². The van der Waals surface area contributed by atoms with E-state index in [2.05, 4.69) is 51.8 Å². The zero-order valence-corrected chi connectivity index (χ0v) is 23.1. The van der Waals surface area contributed by atoms with Crippen molar-refractivity contribution in [1.29, 1.82) is 0 Å². The standard InChI is InChI=1S/C31H38N2O5/c1-22-23(2)30-28(24(3)29(22)37-21-25-9-7-6-8-10-25)15-16-31(4,38-30)17-18-32(5)19-20-36-27-13-11-26(12-14-27)33(34)35/h6-14H,15-21H2,1-5H3. The van der Waals surface area contributed by atoms with Crippen LogP contribution >= 0.6 is 0 Å². The summed E-state index contributed by atoms with van der Waals surface area (Å²) < 4.78 is 18.8. The molecule has 38 heavy (non-hydrogen) atoms. The summed E-state index contributed by atoms with van der Waals surface area (Å²) in [5.74, 6) is 2.63. The van der Waals surface area contributed by atoms with Crippen molar-refractivity contribution in [3.8, 4) is 17.2 Å². The van der Waals surface area contributed by atoms with Gasteiger partial charge < -0.3 is 19.1 Å². The van der Waals surface area contributed by atoms with Crippen LogP contribution in [0.2, 0.25) is 0 Å². The number of non-ortho nitro benzene ring substituents is 1. The number of nitrogens with zero attached hydrogens (tertiary/aromatic N) is 2. The molecule has 0 radical (unpaired) electrons. The molecule has 1 heterocycles. The van der Waals surface area contributed by atoms with Gasteiger partial charge >= 0.3 is 0 Å². The smallest absolute Gasteiger partial charge is 0.269 e. The third-order valence-electron chi connectivity index (χ3n) is 7.60. The predicted octanol–water partition coefficient (Wildman–Crippen LogP) is 6.58. The summed E-state index contributed by atoms with van der Waals surface area (Å²) in [6.45, 7) is 11.3. The molecule has 0 fully saturated rings. The highest BCUT2D eigenvalue weighted by Crippen LogP contribution is 2.44. The maximum Gasteiger partial charge on any atom is 0.269 e. The van der Waals surface area contributed by atoms with E-state index in [1.807, 2.05) is 18.2 Å². The molecule has 0 amide bonds. The van der Waals surface area contributed by atoms with E-state index in [0.29, 0.717) is 19.0 Å². The lowest BCUT2D eigenvalue weighted by atomic mass is 9.85. The molecule has 1 aliphatic rings. The molecule has 4 rings (SSSR count). The molecule has 0 aliphatic carbocycles. The Morgan fingerprint density at radius 1 is 0.974 bits per heavy atom. The van der Waals surface area contributed by atoms with Gasteiger partial charge in [-0.3, -0.25) is 10.1 Å². The Balaban J connectivity index is 1.32. The van der Waals surface area contributed by atoms with Gasteiger partial charge in [0.05, 0.1) is 4.92 Å². The van der Waals surface area contributed by atoms with E-state index in [-0.39, 0.29) is 11.3 Å². The Hall–Kier alpha value is -3.58. The first kappa shape index (κ1) is 27.5. The normalized spacial score (nSPS) is 16.6. The van der Waals surface area contributed by atoms with Crippen LogP contribution in [0.4, 0.5) is 5.69 Å². The summed E-state index contributed by atoms with van der Waals surface area (Å²) in [6.07, 6.45) is 2.83. The van der Waals surface area contributed by atoms with Gasteiger partial charge in [-0.25, -0.2) is 0 Å². The number of ether oxygens (including phenoxy) is 3. The average molecular weight is 519 g/mol. The highest BCUT2D eigenvalue weighted by molar-refractivity contribution is 5.59. The second kappa shape index (κ2) is 11.9. The number of nitro groups is 1. The summed E-state index contributed by atoms with van der Waals surface area (Å²) in [4.78, 5) is 12.6. The van der Waals surface area contributed by atoms with Crippen molar-refractivity contribution in [3.63, 3.8) is 0 Å². The van der Waals surface area contributed by atoms with Gasteiger partial charge in [0.1, 0.15) is 36.1 Å². The van der Waals surface area contributed by atoms with Crippen molar-refractivity contribution in [1.82, 2.24) is 4.90 Å². The van der Waals surface area contributed by atoms with Crippen molar-refractivity contribution in [3.05, 3.63) is 92.5 Å². The molecule has 0 spiro atoms. The van der Waals surface area contributed by atoms with Crippen molar-refractivity contribution >= 4 is 5.69 Å². The first-order chi connectivity index (χ1) is 18.2. The fourth-order valence-electron chi connectivity index (χ4n) is 4.93. The zero-order valence-electron chi connectivity index (χ0n) is 23.1. The maximum absolute atomic E-state index is 10.8. The molecule has 202 valence electrons. The van der Waals surface area contributed by atoms with E-state index in [1.165, 1.54) is 23.3 Å². The number of hydrogen-bond acceptors (Lipinski definition) is 6. The Labute approximate surface area is 225 Å². The molecule has 3 aromatic rings. The monoisotopic (exact) mass is 518 g/mol. The van der Waals surface area contributed by atoms with Gasteiger partial charge in [0.15, 0.2) is 0 Å². The first-order valence-corrected chi connectivity index (χ1v) is 13.2. The quantitative estimate of drug-likeness (QED) is 0.211. The summed E-state index contributed by atoms with van der Waals surface area (Å²) in [5, 5.41) is 10.8. The van der Waals surface area contributed by atoms with Crippen molar-refractivity contribution < 1.29 is 19.1 Å². The maximum atomic E-state index is 10.8. The third kappa shape index (κ3) is 6.45. The third-order valence-corrected chi connectivity index (χ3v) is 7.60. The predicted molar refractivity (Wildman–Crippen MR) is 149 cm³/mol. The van der Waals surface area contributed by atoms with Crippen molar-refractivity contribution in [2.75, 3.05) is 26.7 Å². The summed E-state index contributed by atoms with van der Waals surface area (Å²) >= 11 is 0. The molecule has 0 saturated heterocycles. The molecular weight excluding hydrogens is 480 g/mol. The minimum Gasteiger partial charge on any atom is -0.492 e. The largest absolute Gasteiger partial charge is 0.492 e. The van der Waals surface area contributed by atoms with Crippen LogP contribution in [0.5, 0.6) is 17.2 Å². The summed E-state index contributed by atoms with van der Waals surface area (Å²) in [7, 11) is 2.08. The van der Waals surface area contributed by atoms with Gasteiger partial charge in [-0.15, -0.1) is 0 Å². The van der Waals surface area contributed by atoms with E-state index in [0.717, 1.165) is 60.5 Å². The lowest BCUT2D eigenvalue weighted by Crippen LogP contribution is -2.40. The molecule has 1 unspecified atom stereocenters. The molecule has 3 aromatic carbocycles. The highest BCUT2D eigenvalue weighted by atomic mass is 16.6. The molecule has 0 N–H and O–H groups in total.